The Kier molecular flexibility index (Phi) is 6.65. The highest BCUT2D eigenvalue weighted by Crippen LogP contribution is 2.25. The van der Waals surface area contributed by atoms with Crippen LogP contribution in [0, 0.1) is 20.2 Å². The Hall–Kier alpha value is -3.73. The quantitative estimate of drug-likeness (QED) is 0.373. The Morgan fingerprint density at radius 3 is 2.19 bits per heavy atom. The van der Waals surface area contributed by atoms with Crippen LogP contribution in [0.4, 0.5) is 17.1 Å². The van der Waals surface area contributed by atoms with Crippen LogP contribution in [0.5, 0.6) is 0 Å². The number of non-ortho nitro benzene ring substituents is 1. The summed E-state index contributed by atoms with van der Waals surface area (Å²) >= 11 is 5.71. The van der Waals surface area contributed by atoms with Crippen molar-refractivity contribution in [3.05, 3.63) is 73.3 Å². The third-order valence-electron chi connectivity index (χ3n) is 4.76. The zero-order valence-electron chi connectivity index (χ0n) is 16.1. The lowest BCUT2D eigenvalue weighted by atomic mass is 10.2. The summed E-state index contributed by atoms with van der Waals surface area (Å²) in [7, 11) is 0. The second-order valence-electron chi connectivity index (χ2n) is 6.64. The molecule has 0 radical (unpaired) electrons. The number of nitrogens with zero attached hydrogens (tertiary/aromatic N) is 4. The highest BCUT2D eigenvalue weighted by Gasteiger charge is 2.23. The van der Waals surface area contributed by atoms with E-state index in [1.807, 2.05) is 4.90 Å². The van der Waals surface area contributed by atoms with Crippen molar-refractivity contribution in [2.75, 3.05) is 37.7 Å². The van der Waals surface area contributed by atoms with Crippen LogP contribution >= 0.6 is 11.6 Å². The molecule has 1 fully saturated rings. The SMILES string of the molecule is O=C(OCC(=O)N1CCN(c2ccc([N+](=O)[O-])cc2)CC1)c1ccc(Cl)c([N+](=O)[O-])c1. The molecule has 31 heavy (non-hydrogen) atoms. The van der Waals surface area contributed by atoms with Crippen LogP contribution in [-0.4, -0.2) is 59.4 Å². The van der Waals surface area contributed by atoms with E-state index in [1.54, 1.807) is 17.0 Å². The Labute approximate surface area is 181 Å². The molecule has 1 amide bonds. The van der Waals surface area contributed by atoms with E-state index in [9.17, 15) is 29.8 Å². The first-order valence-corrected chi connectivity index (χ1v) is 9.52. The molecule has 0 spiro atoms. The molecular formula is C19H17ClN4O7. The van der Waals surface area contributed by atoms with E-state index in [0.29, 0.717) is 26.2 Å². The molecule has 1 aliphatic heterocycles. The number of amides is 1. The van der Waals surface area contributed by atoms with E-state index in [-0.39, 0.29) is 22.2 Å². The van der Waals surface area contributed by atoms with Crippen molar-refractivity contribution in [1.29, 1.82) is 0 Å². The van der Waals surface area contributed by atoms with Crippen molar-refractivity contribution in [2.45, 2.75) is 0 Å². The monoisotopic (exact) mass is 448 g/mol. The molecular weight excluding hydrogens is 432 g/mol. The average Bonchev–Trinajstić information content (AvgIpc) is 2.77. The summed E-state index contributed by atoms with van der Waals surface area (Å²) in [5.74, 6) is -1.25. The van der Waals surface area contributed by atoms with Gasteiger partial charge in [0.05, 0.1) is 15.4 Å². The van der Waals surface area contributed by atoms with Gasteiger partial charge >= 0.3 is 5.97 Å². The fourth-order valence-corrected chi connectivity index (χ4v) is 3.27. The smallest absolute Gasteiger partial charge is 0.338 e. The summed E-state index contributed by atoms with van der Waals surface area (Å²) in [6.07, 6.45) is 0. The number of rotatable bonds is 6. The molecule has 0 aromatic heterocycles. The van der Waals surface area contributed by atoms with Crippen LogP contribution in [0.2, 0.25) is 5.02 Å². The fourth-order valence-electron chi connectivity index (χ4n) is 3.08. The van der Waals surface area contributed by atoms with Crippen LogP contribution in [0.15, 0.2) is 42.5 Å². The number of esters is 1. The van der Waals surface area contributed by atoms with E-state index in [2.05, 4.69) is 0 Å². The van der Waals surface area contributed by atoms with Crippen molar-refractivity contribution in [1.82, 2.24) is 4.90 Å². The second-order valence-corrected chi connectivity index (χ2v) is 7.05. The molecule has 0 bridgehead atoms. The minimum atomic E-state index is -0.863. The van der Waals surface area contributed by atoms with Gasteiger partial charge in [-0.3, -0.25) is 25.0 Å². The molecule has 0 aliphatic carbocycles. The third kappa shape index (κ3) is 5.25. The van der Waals surface area contributed by atoms with Gasteiger partial charge < -0.3 is 14.5 Å². The van der Waals surface area contributed by atoms with Gasteiger partial charge in [0.2, 0.25) is 0 Å². The molecule has 0 N–H and O–H groups in total. The maximum absolute atomic E-state index is 12.4. The van der Waals surface area contributed by atoms with Crippen LogP contribution in [0.25, 0.3) is 0 Å². The standard InChI is InChI=1S/C19H17ClN4O7/c20-16-6-1-13(11-17(16)24(29)30)19(26)31-12-18(25)22-9-7-21(8-10-22)14-2-4-15(5-3-14)23(27)28/h1-6,11H,7-10,12H2. The Morgan fingerprint density at radius 1 is 0.968 bits per heavy atom. The number of anilines is 1. The molecule has 1 saturated heterocycles. The zero-order valence-corrected chi connectivity index (χ0v) is 16.9. The predicted octanol–water partition coefficient (Wildman–Crippen LogP) is 2.66. The number of nitro groups is 2. The number of hydrogen-bond donors (Lipinski definition) is 0. The molecule has 1 heterocycles. The van der Waals surface area contributed by atoms with Gasteiger partial charge in [0.25, 0.3) is 17.3 Å². The second kappa shape index (κ2) is 9.39. The number of hydrogen-bond acceptors (Lipinski definition) is 8. The third-order valence-corrected chi connectivity index (χ3v) is 5.08. The Morgan fingerprint density at radius 2 is 1.61 bits per heavy atom. The van der Waals surface area contributed by atoms with E-state index in [4.69, 9.17) is 16.3 Å². The summed E-state index contributed by atoms with van der Waals surface area (Å²) in [5, 5.41) is 21.6. The van der Waals surface area contributed by atoms with Gasteiger partial charge in [-0.15, -0.1) is 0 Å². The lowest BCUT2D eigenvalue weighted by Gasteiger charge is -2.36. The molecule has 11 nitrogen and oxygen atoms in total. The fraction of sp³-hybridized carbons (Fsp3) is 0.263. The van der Waals surface area contributed by atoms with Crippen LogP contribution in [0.1, 0.15) is 10.4 Å². The maximum Gasteiger partial charge on any atom is 0.338 e. The lowest BCUT2D eigenvalue weighted by molar-refractivity contribution is -0.385. The number of carbonyl (C=O) groups is 2. The highest BCUT2D eigenvalue weighted by molar-refractivity contribution is 6.32. The summed E-state index contributed by atoms with van der Waals surface area (Å²) < 4.78 is 4.99. The van der Waals surface area contributed by atoms with Crippen molar-refractivity contribution in [3.63, 3.8) is 0 Å². The number of ether oxygens (including phenoxy) is 1. The predicted molar refractivity (Wildman–Crippen MR) is 110 cm³/mol. The van der Waals surface area contributed by atoms with Crippen LogP contribution in [0.3, 0.4) is 0 Å². The van der Waals surface area contributed by atoms with E-state index in [1.165, 1.54) is 24.3 Å². The van der Waals surface area contributed by atoms with Gasteiger partial charge in [0.15, 0.2) is 6.61 Å². The topological polar surface area (TPSA) is 136 Å². The molecule has 2 aromatic rings. The molecule has 0 unspecified atom stereocenters. The molecule has 2 aromatic carbocycles. The lowest BCUT2D eigenvalue weighted by Crippen LogP contribution is -2.49. The molecule has 12 heteroatoms. The van der Waals surface area contributed by atoms with E-state index < -0.39 is 28.1 Å². The first-order valence-electron chi connectivity index (χ1n) is 9.14. The first kappa shape index (κ1) is 22.0. The van der Waals surface area contributed by atoms with E-state index in [0.717, 1.165) is 11.8 Å². The van der Waals surface area contributed by atoms with Crippen LogP contribution in [-0.2, 0) is 9.53 Å². The van der Waals surface area contributed by atoms with Crippen molar-refractivity contribution in [3.8, 4) is 0 Å². The molecule has 162 valence electrons. The number of piperazine rings is 1. The van der Waals surface area contributed by atoms with Crippen molar-refractivity contribution < 1.29 is 24.2 Å². The minimum absolute atomic E-state index is 0.00500. The van der Waals surface area contributed by atoms with Gasteiger partial charge in [-0.1, -0.05) is 11.6 Å². The van der Waals surface area contributed by atoms with E-state index >= 15 is 0 Å². The molecule has 0 saturated carbocycles. The average molecular weight is 449 g/mol. The normalized spacial score (nSPS) is 13.6. The molecule has 0 atom stereocenters. The number of benzene rings is 2. The molecule has 3 rings (SSSR count). The largest absolute Gasteiger partial charge is 0.452 e. The number of nitro benzene ring substituents is 2. The first-order chi connectivity index (χ1) is 14.8. The van der Waals surface area contributed by atoms with Gasteiger partial charge in [-0.05, 0) is 24.3 Å². The van der Waals surface area contributed by atoms with Gasteiger partial charge in [-0.2, -0.15) is 0 Å². The van der Waals surface area contributed by atoms with Gasteiger partial charge in [0.1, 0.15) is 5.02 Å². The Bertz CT molecular complexity index is 1020. The number of halogens is 1. The Balaban J connectivity index is 1.51. The highest BCUT2D eigenvalue weighted by atomic mass is 35.5. The summed E-state index contributed by atoms with van der Waals surface area (Å²) in [6.45, 7) is 1.31. The number of carbonyl (C=O) groups excluding carboxylic acids is 2. The maximum atomic E-state index is 12.4. The molecule has 1 aliphatic rings. The van der Waals surface area contributed by atoms with Gasteiger partial charge in [0, 0.05) is 50.1 Å². The summed E-state index contributed by atoms with van der Waals surface area (Å²) in [6, 6.07) is 9.66. The summed E-state index contributed by atoms with van der Waals surface area (Å²) in [4.78, 5) is 48.5. The van der Waals surface area contributed by atoms with Gasteiger partial charge in [-0.25, -0.2) is 4.79 Å². The minimum Gasteiger partial charge on any atom is -0.452 e. The zero-order chi connectivity index (χ0) is 22.5. The van der Waals surface area contributed by atoms with Crippen molar-refractivity contribution in [2.24, 2.45) is 0 Å². The van der Waals surface area contributed by atoms with Crippen molar-refractivity contribution >= 4 is 40.5 Å². The summed E-state index contributed by atoms with van der Waals surface area (Å²) in [5.41, 5.74) is 0.315. The van der Waals surface area contributed by atoms with Crippen LogP contribution < -0.4 is 4.90 Å².